The Hall–Kier alpha value is -2.59. The molecule has 3 aromatic rings. The summed E-state index contributed by atoms with van der Waals surface area (Å²) in [6.07, 6.45) is 12.0. The number of hydrogen-bond acceptors (Lipinski definition) is 4. The van der Waals surface area contributed by atoms with Gasteiger partial charge in [0.2, 0.25) is 0 Å². The van der Waals surface area contributed by atoms with Crippen molar-refractivity contribution in [2.24, 2.45) is 0 Å². The number of allylic oxidation sites excluding steroid dienone is 2. The fraction of sp³-hybridized carbons (Fsp3) is 0.444. The van der Waals surface area contributed by atoms with Crippen LogP contribution in [0.2, 0.25) is 0 Å². The summed E-state index contributed by atoms with van der Waals surface area (Å²) in [7, 11) is 1.92. The van der Waals surface area contributed by atoms with Gasteiger partial charge in [-0.1, -0.05) is 18.7 Å². The van der Waals surface area contributed by atoms with Gasteiger partial charge in [0, 0.05) is 40.7 Å². The van der Waals surface area contributed by atoms with Crippen LogP contribution in [-0.2, 0) is 6.42 Å². The molecule has 1 aliphatic rings. The Balaban J connectivity index is 1.50. The third-order valence-electron chi connectivity index (χ3n) is 6.64. The van der Waals surface area contributed by atoms with Gasteiger partial charge in [0.15, 0.2) is 0 Å². The molecule has 4 rings (SSSR count). The molecule has 0 bridgehead atoms. The van der Waals surface area contributed by atoms with Crippen LogP contribution < -0.4 is 5.32 Å². The molecule has 1 aliphatic heterocycles. The van der Waals surface area contributed by atoms with Crippen LogP contribution in [0.4, 0.5) is 0 Å². The van der Waals surface area contributed by atoms with Crippen LogP contribution in [0, 0.1) is 0 Å². The van der Waals surface area contributed by atoms with E-state index < -0.39 is 0 Å². The second-order valence-electron chi connectivity index (χ2n) is 8.74. The van der Waals surface area contributed by atoms with Crippen molar-refractivity contribution >= 4 is 21.9 Å². The summed E-state index contributed by atoms with van der Waals surface area (Å²) in [5.74, 6) is 0.224. The molecule has 1 aromatic carbocycles. The first-order valence-electron chi connectivity index (χ1n) is 11.7. The minimum Gasteiger partial charge on any atom is -0.464 e. The van der Waals surface area contributed by atoms with Crippen LogP contribution >= 0.6 is 0 Å². The van der Waals surface area contributed by atoms with Gasteiger partial charge in [0.25, 0.3) is 0 Å². The maximum atomic E-state index is 5.91. The monoisotopic (exact) mass is 417 g/mol. The maximum absolute atomic E-state index is 5.91. The number of hydrogen-bond donors (Lipinski definition) is 1. The second-order valence-corrected chi connectivity index (χ2v) is 8.74. The molecule has 0 spiro atoms. The van der Waals surface area contributed by atoms with E-state index in [0.717, 1.165) is 36.1 Å². The molecule has 31 heavy (non-hydrogen) atoms. The molecule has 1 N–H and O–H groups in total. The fourth-order valence-corrected chi connectivity index (χ4v) is 4.72. The summed E-state index contributed by atoms with van der Waals surface area (Å²) in [5.41, 5.74) is 5.39. The second kappa shape index (κ2) is 10.1. The topological polar surface area (TPSA) is 41.3 Å². The van der Waals surface area contributed by atoms with Gasteiger partial charge in [0.05, 0.1) is 11.8 Å². The summed E-state index contributed by atoms with van der Waals surface area (Å²) >= 11 is 0. The fourth-order valence-electron chi connectivity index (χ4n) is 4.72. The first-order chi connectivity index (χ1) is 15.2. The summed E-state index contributed by atoms with van der Waals surface area (Å²) in [5, 5.41) is 5.47. The van der Waals surface area contributed by atoms with Crippen molar-refractivity contribution < 1.29 is 4.42 Å². The number of nitrogens with one attached hydrogen (secondary N) is 1. The highest BCUT2D eigenvalue weighted by Crippen LogP contribution is 2.36. The predicted octanol–water partition coefficient (Wildman–Crippen LogP) is 6.18. The zero-order valence-corrected chi connectivity index (χ0v) is 18.8. The van der Waals surface area contributed by atoms with Crippen molar-refractivity contribution in [1.82, 2.24) is 15.2 Å². The Morgan fingerprint density at radius 1 is 1.23 bits per heavy atom. The average Bonchev–Trinajstić information content (AvgIpc) is 3.47. The Bertz CT molecular complexity index is 1050. The van der Waals surface area contributed by atoms with E-state index in [0.29, 0.717) is 0 Å². The molecule has 1 saturated heterocycles. The molecule has 164 valence electrons. The van der Waals surface area contributed by atoms with E-state index in [1.807, 2.05) is 19.4 Å². The van der Waals surface area contributed by atoms with Gasteiger partial charge < -0.3 is 14.6 Å². The van der Waals surface area contributed by atoms with Crippen LogP contribution in [0.25, 0.3) is 21.9 Å². The lowest BCUT2D eigenvalue weighted by atomic mass is 9.92. The molecule has 4 heteroatoms. The van der Waals surface area contributed by atoms with Gasteiger partial charge in [-0.2, -0.15) is 0 Å². The van der Waals surface area contributed by atoms with Gasteiger partial charge in [-0.05, 0) is 82.8 Å². The Kier molecular flexibility index (Phi) is 7.08. The molecule has 0 aliphatic carbocycles. The number of aryl methyl sites for hydroxylation is 1. The van der Waals surface area contributed by atoms with E-state index in [4.69, 9.17) is 9.40 Å². The highest BCUT2D eigenvalue weighted by molar-refractivity contribution is 6.06. The number of rotatable bonds is 11. The molecule has 0 unspecified atom stereocenters. The van der Waals surface area contributed by atoms with E-state index in [1.165, 1.54) is 67.3 Å². The first kappa shape index (κ1) is 21.6. The van der Waals surface area contributed by atoms with E-state index in [1.54, 1.807) is 0 Å². The van der Waals surface area contributed by atoms with E-state index >= 15 is 0 Å². The average molecular weight is 418 g/mol. The van der Waals surface area contributed by atoms with Crippen LogP contribution in [0.15, 0.2) is 59.9 Å². The normalized spacial score (nSPS) is 15.5. The highest BCUT2D eigenvalue weighted by atomic mass is 16.3. The van der Waals surface area contributed by atoms with Gasteiger partial charge >= 0.3 is 0 Å². The summed E-state index contributed by atoms with van der Waals surface area (Å²) in [4.78, 5) is 7.57. The zero-order valence-electron chi connectivity index (χ0n) is 18.8. The van der Waals surface area contributed by atoms with Crippen molar-refractivity contribution in [3.05, 3.63) is 66.7 Å². The summed E-state index contributed by atoms with van der Waals surface area (Å²) in [6.45, 7) is 11.9. The molecule has 0 saturated carbocycles. The number of aromatic nitrogens is 1. The van der Waals surface area contributed by atoms with Crippen molar-refractivity contribution in [3.8, 4) is 0 Å². The van der Waals surface area contributed by atoms with E-state index in [-0.39, 0.29) is 5.92 Å². The summed E-state index contributed by atoms with van der Waals surface area (Å²) in [6, 6.07) is 8.56. The maximum Gasteiger partial charge on any atom is 0.134 e. The van der Waals surface area contributed by atoms with Crippen LogP contribution in [-0.4, -0.2) is 36.6 Å². The molecule has 4 nitrogen and oxygen atoms in total. The van der Waals surface area contributed by atoms with Gasteiger partial charge in [-0.3, -0.25) is 4.98 Å². The lowest BCUT2D eigenvalue weighted by Gasteiger charge is -2.14. The number of likely N-dealkylation sites (tertiary alicyclic amines) is 1. The lowest BCUT2D eigenvalue weighted by molar-refractivity contribution is 0.330. The van der Waals surface area contributed by atoms with Crippen molar-refractivity contribution in [1.29, 1.82) is 0 Å². The van der Waals surface area contributed by atoms with E-state index in [9.17, 15) is 0 Å². The minimum atomic E-state index is 0.224. The number of pyridine rings is 1. The smallest absolute Gasteiger partial charge is 0.134 e. The van der Waals surface area contributed by atoms with Gasteiger partial charge in [0.1, 0.15) is 5.58 Å². The standard InChI is InChI=1S/C27H35N3O/c1-4-21(11-10-20(2)28-3)24-19-31-26-15-14-25-23(27(24)26)13-12-22(29-25)9-5-6-16-30-17-7-8-18-30/h4,12-15,19,21,28H,1-2,5-11,16-18H2,3H3/t21-/m1/s1. The lowest BCUT2D eigenvalue weighted by Crippen LogP contribution is -2.20. The predicted molar refractivity (Wildman–Crippen MR) is 130 cm³/mol. The van der Waals surface area contributed by atoms with Crippen LogP contribution in [0.5, 0.6) is 0 Å². The zero-order chi connectivity index (χ0) is 21.6. The Labute approximate surface area is 186 Å². The molecule has 1 atom stereocenters. The van der Waals surface area contributed by atoms with Crippen LogP contribution in [0.3, 0.4) is 0 Å². The number of furan rings is 1. The molecular formula is C27H35N3O. The van der Waals surface area contributed by atoms with Crippen molar-refractivity contribution in [2.45, 2.75) is 50.9 Å². The van der Waals surface area contributed by atoms with Crippen molar-refractivity contribution in [2.75, 3.05) is 26.7 Å². The molecule has 0 amide bonds. The number of unbranched alkanes of at least 4 members (excludes halogenated alkanes) is 1. The van der Waals surface area contributed by atoms with Crippen molar-refractivity contribution in [3.63, 3.8) is 0 Å². The molecular weight excluding hydrogens is 382 g/mol. The molecule has 3 heterocycles. The Morgan fingerprint density at radius 3 is 2.84 bits per heavy atom. The molecule has 2 aromatic heterocycles. The quantitative estimate of drug-likeness (QED) is 0.299. The Morgan fingerprint density at radius 2 is 2.06 bits per heavy atom. The summed E-state index contributed by atoms with van der Waals surface area (Å²) < 4.78 is 5.91. The number of fused-ring (bicyclic) bond motifs is 3. The largest absolute Gasteiger partial charge is 0.464 e. The number of nitrogens with zero attached hydrogens (tertiary/aromatic N) is 2. The van der Waals surface area contributed by atoms with Gasteiger partial charge in [-0.15, -0.1) is 6.58 Å². The first-order valence-corrected chi connectivity index (χ1v) is 11.7. The number of benzene rings is 1. The van der Waals surface area contributed by atoms with E-state index in [2.05, 4.69) is 47.6 Å². The third kappa shape index (κ3) is 5.01. The molecule has 0 radical (unpaired) electrons. The van der Waals surface area contributed by atoms with Gasteiger partial charge in [-0.25, -0.2) is 0 Å². The minimum absolute atomic E-state index is 0.224. The SMILES string of the molecule is C=C[C@H](CCC(=C)NC)c1coc2ccc3nc(CCCCN4CCCC4)ccc3c12. The van der Waals surface area contributed by atoms with Crippen LogP contribution in [0.1, 0.15) is 55.7 Å². The highest BCUT2D eigenvalue weighted by Gasteiger charge is 2.17. The molecule has 1 fully saturated rings. The third-order valence-corrected chi connectivity index (χ3v) is 6.64.